The van der Waals surface area contributed by atoms with Crippen LogP contribution in [0.5, 0.6) is 0 Å². The highest BCUT2D eigenvalue weighted by Crippen LogP contribution is 2.34. The van der Waals surface area contributed by atoms with Gasteiger partial charge in [-0.1, -0.05) is 18.2 Å². The number of piperidine rings is 1. The molecule has 2 unspecified atom stereocenters. The van der Waals surface area contributed by atoms with Crippen LogP contribution in [0.15, 0.2) is 24.3 Å². The molecule has 0 aromatic heterocycles. The van der Waals surface area contributed by atoms with Crippen LogP contribution in [0, 0.1) is 0 Å². The number of alkyl halides is 3. The molecule has 1 aromatic rings. The summed E-state index contributed by atoms with van der Waals surface area (Å²) in [5.74, 6) is -1.11. The fourth-order valence-corrected chi connectivity index (χ4v) is 2.38. The van der Waals surface area contributed by atoms with E-state index in [-0.39, 0.29) is 5.92 Å². The number of hydrogen-bond acceptors (Lipinski definition) is 2. The summed E-state index contributed by atoms with van der Waals surface area (Å²) in [6, 6.07) is 4.46. The van der Waals surface area contributed by atoms with Crippen molar-refractivity contribution in [2.75, 3.05) is 6.54 Å². The molecule has 0 aliphatic carbocycles. The van der Waals surface area contributed by atoms with E-state index in [1.807, 2.05) is 0 Å². The zero-order valence-electron chi connectivity index (χ0n) is 10.1. The Kier molecular flexibility index (Phi) is 3.80. The van der Waals surface area contributed by atoms with Crippen molar-refractivity contribution in [1.29, 1.82) is 0 Å². The zero-order valence-corrected chi connectivity index (χ0v) is 10.1. The number of aliphatic carboxylic acids is 1. The lowest BCUT2D eigenvalue weighted by Crippen LogP contribution is -2.42. The van der Waals surface area contributed by atoms with Gasteiger partial charge >= 0.3 is 12.1 Å². The molecule has 0 saturated carbocycles. The molecule has 104 valence electrons. The summed E-state index contributed by atoms with van der Waals surface area (Å²) in [5.41, 5.74) is -0.127. The van der Waals surface area contributed by atoms with Crippen LogP contribution in [0.2, 0.25) is 0 Å². The fraction of sp³-hybridized carbons (Fsp3) is 0.462. The lowest BCUT2D eigenvalue weighted by atomic mass is 9.86. The predicted octanol–water partition coefficient (Wildman–Crippen LogP) is 2.63. The smallest absolute Gasteiger partial charge is 0.416 e. The van der Waals surface area contributed by atoms with Gasteiger partial charge in [0.2, 0.25) is 0 Å². The van der Waals surface area contributed by atoms with Gasteiger partial charge in [-0.25, -0.2) is 0 Å². The second kappa shape index (κ2) is 5.21. The van der Waals surface area contributed by atoms with Crippen molar-refractivity contribution in [2.24, 2.45) is 0 Å². The molecule has 1 heterocycles. The number of carboxylic acids is 1. The van der Waals surface area contributed by atoms with Crippen molar-refractivity contribution in [1.82, 2.24) is 5.32 Å². The normalized spacial score (nSPS) is 24.2. The first-order valence-corrected chi connectivity index (χ1v) is 6.01. The van der Waals surface area contributed by atoms with Crippen molar-refractivity contribution in [3.63, 3.8) is 0 Å². The third-order valence-electron chi connectivity index (χ3n) is 3.39. The molecular formula is C13H14F3NO2. The van der Waals surface area contributed by atoms with E-state index >= 15 is 0 Å². The second-order valence-electron chi connectivity index (χ2n) is 4.69. The Morgan fingerprint density at radius 2 is 2.11 bits per heavy atom. The van der Waals surface area contributed by atoms with Gasteiger partial charge in [-0.3, -0.25) is 4.79 Å². The van der Waals surface area contributed by atoms with Crippen LogP contribution in [0.1, 0.15) is 29.9 Å². The molecule has 2 atom stereocenters. The Morgan fingerprint density at radius 1 is 1.37 bits per heavy atom. The number of nitrogens with one attached hydrogen (secondary N) is 1. The number of hydrogen-bond donors (Lipinski definition) is 2. The minimum absolute atomic E-state index is 0.148. The van der Waals surface area contributed by atoms with Crippen LogP contribution in [-0.4, -0.2) is 23.7 Å². The van der Waals surface area contributed by atoms with Crippen molar-refractivity contribution in [2.45, 2.75) is 31.0 Å². The van der Waals surface area contributed by atoms with Gasteiger partial charge in [0, 0.05) is 0 Å². The van der Waals surface area contributed by atoms with Crippen LogP contribution < -0.4 is 5.32 Å². The van der Waals surface area contributed by atoms with E-state index in [9.17, 15) is 18.0 Å². The molecule has 2 N–H and O–H groups in total. The standard InChI is InChI=1S/C13H14F3NO2/c14-13(15,16)10-3-1-2-8(6-10)9-4-5-17-11(7-9)12(18)19/h1-3,6,9,11,17H,4-5,7H2,(H,18,19). The third-order valence-corrected chi connectivity index (χ3v) is 3.39. The van der Waals surface area contributed by atoms with E-state index in [4.69, 9.17) is 5.11 Å². The van der Waals surface area contributed by atoms with Crippen molar-refractivity contribution in [3.8, 4) is 0 Å². The molecule has 1 aliphatic rings. The van der Waals surface area contributed by atoms with Gasteiger partial charge in [-0.2, -0.15) is 13.2 Å². The number of halogens is 3. The molecule has 3 nitrogen and oxygen atoms in total. The zero-order chi connectivity index (χ0) is 14.0. The van der Waals surface area contributed by atoms with E-state index < -0.39 is 23.8 Å². The molecular weight excluding hydrogens is 259 g/mol. The summed E-state index contributed by atoms with van der Waals surface area (Å²) in [4.78, 5) is 10.9. The van der Waals surface area contributed by atoms with Gasteiger partial charge in [0.15, 0.2) is 0 Å². The number of carboxylic acid groups (broad SMARTS) is 1. The van der Waals surface area contributed by atoms with E-state index in [0.29, 0.717) is 24.9 Å². The summed E-state index contributed by atoms with van der Waals surface area (Å²) in [5, 5.41) is 11.8. The minimum Gasteiger partial charge on any atom is -0.480 e. The van der Waals surface area contributed by atoms with Crippen molar-refractivity contribution < 1.29 is 23.1 Å². The maximum Gasteiger partial charge on any atom is 0.416 e. The first kappa shape index (κ1) is 13.9. The quantitative estimate of drug-likeness (QED) is 0.871. The van der Waals surface area contributed by atoms with Crippen molar-refractivity contribution in [3.05, 3.63) is 35.4 Å². The summed E-state index contributed by atoms with van der Waals surface area (Å²) in [6.45, 7) is 0.498. The Bertz CT molecular complexity index is 473. The van der Waals surface area contributed by atoms with E-state index in [1.165, 1.54) is 6.07 Å². The van der Waals surface area contributed by atoms with Crippen LogP contribution in [0.4, 0.5) is 13.2 Å². The summed E-state index contributed by atoms with van der Waals surface area (Å²) in [7, 11) is 0. The van der Waals surface area contributed by atoms with Gasteiger partial charge in [-0.15, -0.1) is 0 Å². The second-order valence-corrected chi connectivity index (χ2v) is 4.69. The lowest BCUT2D eigenvalue weighted by Gasteiger charge is -2.28. The average molecular weight is 273 g/mol. The topological polar surface area (TPSA) is 49.3 Å². The predicted molar refractivity (Wildman–Crippen MR) is 62.8 cm³/mol. The molecule has 1 saturated heterocycles. The molecule has 1 aromatic carbocycles. The van der Waals surface area contributed by atoms with E-state index in [0.717, 1.165) is 12.1 Å². The van der Waals surface area contributed by atoms with Gasteiger partial charge in [0.1, 0.15) is 6.04 Å². The molecule has 0 bridgehead atoms. The maximum absolute atomic E-state index is 12.6. The minimum atomic E-state index is -4.37. The Morgan fingerprint density at radius 3 is 2.74 bits per heavy atom. The Labute approximate surface area is 108 Å². The highest BCUT2D eigenvalue weighted by Gasteiger charge is 2.32. The first-order valence-electron chi connectivity index (χ1n) is 6.01. The van der Waals surface area contributed by atoms with E-state index in [1.54, 1.807) is 6.07 Å². The maximum atomic E-state index is 12.6. The van der Waals surface area contributed by atoms with E-state index in [2.05, 4.69) is 5.32 Å². The molecule has 1 fully saturated rings. The van der Waals surface area contributed by atoms with Crippen LogP contribution in [-0.2, 0) is 11.0 Å². The molecule has 1 aliphatic heterocycles. The van der Waals surface area contributed by atoms with Gasteiger partial charge in [0.25, 0.3) is 0 Å². The first-order chi connectivity index (χ1) is 8.88. The number of carbonyl (C=O) groups is 1. The molecule has 0 spiro atoms. The monoisotopic (exact) mass is 273 g/mol. The lowest BCUT2D eigenvalue weighted by molar-refractivity contribution is -0.140. The van der Waals surface area contributed by atoms with Gasteiger partial charge in [0.05, 0.1) is 5.56 Å². The third kappa shape index (κ3) is 3.26. The summed E-state index contributed by atoms with van der Waals surface area (Å²) >= 11 is 0. The fourth-order valence-electron chi connectivity index (χ4n) is 2.38. The molecule has 0 amide bonds. The van der Waals surface area contributed by atoms with Gasteiger partial charge in [-0.05, 0) is 36.9 Å². The molecule has 19 heavy (non-hydrogen) atoms. The highest BCUT2D eigenvalue weighted by atomic mass is 19.4. The Balaban J connectivity index is 2.20. The van der Waals surface area contributed by atoms with Crippen LogP contribution >= 0.6 is 0 Å². The SMILES string of the molecule is O=C(O)C1CC(c2cccc(C(F)(F)F)c2)CCN1. The Hall–Kier alpha value is -1.56. The summed E-state index contributed by atoms with van der Waals surface area (Å²) < 4.78 is 37.9. The largest absolute Gasteiger partial charge is 0.480 e. The molecule has 6 heteroatoms. The van der Waals surface area contributed by atoms with Gasteiger partial charge < -0.3 is 10.4 Å². The number of benzene rings is 1. The molecule has 0 radical (unpaired) electrons. The summed E-state index contributed by atoms with van der Waals surface area (Å²) in [6.07, 6.45) is -3.41. The average Bonchev–Trinajstić information content (AvgIpc) is 2.38. The van der Waals surface area contributed by atoms with Crippen LogP contribution in [0.25, 0.3) is 0 Å². The number of rotatable bonds is 2. The van der Waals surface area contributed by atoms with Crippen LogP contribution in [0.3, 0.4) is 0 Å². The molecule has 2 rings (SSSR count). The highest BCUT2D eigenvalue weighted by molar-refractivity contribution is 5.73. The van der Waals surface area contributed by atoms with Crippen molar-refractivity contribution >= 4 is 5.97 Å².